The Labute approximate surface area is 219 Å². The highest BCUT2D eigenvalue weighted by Crippen LogP contribution is 2.36. The number of hydrogen-bond donors (Lipinski definition) is 1. The average Bonchev–Trinajstić information content (AvgIpc) is 3.49. The molecule has 0 spiro atoms. The smallest absolute Gasteiger partial charge is 0.414 e. The summed E-state index contributed by atoms with van der Waals surface area (Å²) in [6, 6.07) is 10.6. The number of carbonyl (C=O) groups excluding carboxylic acids is 2. The van der Waals surface area contributed by atoms with E-state index in [1.807, 2.05) is 36.6 Å². The monoisotopic (exact) mass is 518 g/mol. The Hall–Kier alpha value is -4.41. The van der Waals surface area contributed by atoms with Gasteiger partial charge in [-0.05, 0) is 44.9 Å². The molecule has 0 saturated carbocycles. The molecule has 0 saturated heterocycles. The molecular formula is C27H30N6O5. The number of imidazole rings is 1. The van der Waals surface area contributed by atoms with Gasteiger partial charge in [0.15, 0.2) is 5.76 Å². The standard InChI is InChI=1S/C27H30N6O5/c1-17-14-19(38-30-17)15-28-24(34)16-32-22-10-9-21-20(8-7-18(2)33(21)27(36)37-3)26(22)29-23(32)11-13-31-12-5-4-6-25(31)35/h4-6,9-10,12,14,18H,7-8,11,13,15-16H2,1-3H3,(H,28,34)/t18-/m0/s1. The highest BCUT2D eigenvalue weighted by Gasteiger charge is 2.31. The Balaban J connectivity index is 1.50. The summed E-state index contributed by atoms with van der Waals surface area (Å²) < 4.78 is 13.7. The molecule has 1 aromatic carbocycles. The zero-order valence-corrected chi connectivity index (χ0v) is 21.6. The van der Waals surface area contributed by atoms with E-state index in [1.165, 1.54) is 13.2 Å². The van der Waals surface area contributed by atoms with Gasteiger partial charge >= 0.3 is 6.09 Å². The second kappa shape index (κ2) is 10.5. The summed E-state index contributed by atoms with van der Waals surface area (Å²) in [4.78, 5) is 44.4. The lowest BCUT2D eigenvalue weighted by Gasteiger charge is -2.34. The fraction of sp³-hybridized carbons (Fsp3) is 0.370. The first-order chi connectivity index (χ1) is 18.4. The van der Waals surface area contributed by atoms with Gasteiger partial charge in [0.1, 0.15) is 12.4 Å². The molecule has 0 bridgehead atoms. The predicted octanol–water partition coefficient (Wildman–Crippen LogP) is 2.96. The summed E-state index contributed by atoms with van der Waals surface area (Å²) in [5, 5.41) is 6.73. The number of hydrogen-bond acceptors (Lipinski definition) is 7. The van der Waals surface area contributed by atoms with Crippen LogP contribution in [0.4, 0.5) is 10.5 Å². The largest absolute Gasteiger partial charge is 0.452 e. The van der Waals surface area contributed by atoms with Gasteiger partial charge in [-0.25, -0.2) is 9.78 Å². The quantitative estimate of drug-likeness (QED) is 0.399. The number of benzene rings is 1. The number of nitrogens with one attached hydrogen (secondary N) is 1. The van der Waals surface area contributed by atoms with Crippen LogP contribution in [0.15, 0.2) is 51.9 Å². The topological polar surface area (TPSA) is 124 Å². The number of aryl methyl sites for hydroxylation is 4. The van der Waals surface area contributed by atoms with Gasteiger partial charge in [-0.3, -0.25) is 14.5 Å². The lowest BCUT2D eigenvalue weighted by Crippen LogP contribution is -2.42. The Morgan fingerprint density at radius 3 is 2.82 bits per heavy atom. The molecule has 38 heavy (non-hydrogen) atoms. The van der Waals surface area contributed by atoms with Crippen molar-refractivity contribution in [1.29, 1.82) is 0 Å². The second-order valence-corrected chi connectivity index (χ2v) is 9.47. The van der Waals surface area contributed by atoms with Gasteiger partial charge in [-0.2, -0.15) is 0 Å². The first-order valence-electron chi connectivity index (χ1n) is 12.6. The number of fused-ring (bicyclic) bond motifs is 3. The van der Waals surface area contributed by atoms with Crippen LogP contribution < -0.4 is 15.8 Å². The van der Waals surface area contributed by atoms with Crippen molar-refractivity contribution >= 4 is 28.7 Å². The highest BCUT2D eigenvalue weighted by molar-refractivity contribution is 5.95. The molecular weight excluding hydrogens is 488 g/mol. The molecule has 3 aromatic heterocycles. The number of anilines is 1. The number of nitrogens with zero attached hydrogens (tertiary/aromatic N) is 5. The van der Waals surface area contributed by atoms with E-state index in [0.29, 0.717) is 24.6 Å². The summed E-state index contributed by atoms with van der Waals surface area (Å²) in [7, 11) is 1.37. The van der Waals surface area contributed by atoms with E-state index in [9.17, 15) is 14.4 Å². The number of aromatic nitrogens is 4. The maximum Gasteiger partial charge on any atom is 0.414 e. The van der Waals surface area contributed by atoms with Crippen LogP contribution in [0.1, 0.15) is 36.2 Å². The normalized spacial score (nSPS) is 14.9. The molecule has 0 fully saturated rings. The minimum Gasteiger partial charge on any atom is -0.452 e. The molecule has 4 heterocycles. The molecule has 1 aliphatic rings. The van der Waals surface area contributed by atoms with Crippen molar-refractivity contribution in [2.45, 2.75) is 58.8 Å². The zero-order valence-electron chi connectivity index (χ0n) is 21.6. The van der Waals surface area contributed by atoms with Gasteiger partial charge in [-0.1, -0.05) is 11.2 Å². The third-order valence-corrected chi connectivity index (χ3v) is 6.88. The number of methoxy groups -OCH3 is 1. The van der Waals surface area contributed by atoms with Crippen LogP contribution in [0.3, 0.4) is 0 Å². The summed E-state index contributed by atoms with van der Waals surface area (Å²) in [5.41, 5.74) is 3.90. The van der Waals surface area contributed by atoms with Gasteiger partial charge in [0.25, 0.3) is 5.56 Å². The predicted molar refractivity (Wildman–Crippen MR) is 140 cm³/mol. The molecule has 0 unspecified atom stereocenters. The molecule has 4 aromatic rings. The third kappa shape index (κ3) is 4.91. The zero-order chi connectivity index (χ0) is 26.8. The molecule has 1 atom stereocenters. The number of rotatable bonds is 7. The molecule has 1 N–H and O–H groups in total. The van der Waals surface area contributed by atoms with Crippen molar-refractivity contribution in [3.8, 4) is 0 Å². The lowest BCUT2D eigenvalue weighted by atomic mass is 9.96. The SMILES string of the molecule is COC(=O)N1c2ccc3c(nc(CCn4ccccc4=O)n3CC(=O)NCc3cc(C)no3)c2CC[C@@H]1C. The van der Waals surface area contributed by atoms with Crippen LogP contribution in [0, 0.1) is 6.92 Å². The fourth-order valence-corrected chi connectivity index (χ4v) is 4.97. The average molecular weight is 519 g/mol. The maximum absolute atomic E-state index is 13.0. The van der Waals surface area contributed by atoms with E-state index >= 15 is 0 Å². The van der Waals surface area contributed by atoms with E-state index in [1.54, 1.807) is 27.8 Å². The van der Waals surface area contributed by atoms with Crippen molar-refractivity contribution in [2.24, 2.45) is 0 Å². The Kier molecular flexibility index (Phi) is 6.99. The Morgan fingerprint density at radius 2 is 2.08 bits per heavy atom. The molecule has 0 aliphatic carbocycles. The number of ether oxygens (including phenoxy) is 1. The number of amides is 2. The third-order valence-electron chi connectivity index (χ3n) is 6.88. The minimum atomic E-state index is -0.414. The van der Waals surface area contributed by atoms with Crippen molar-refractivity contribution in [2.75, 3.05) is 12.0 Å². The van der Waals surface area contributed by atoms with Crippen molar-refractivity contribution < 1.29 is 18.8 Å². The first kappa shape index (κ1) is 25.2. The van der Waals surface area contributed by atoms with Gasteiger partial charge in [0.05, 0.1) is 36.1 Å². The van der Waals surface area contributed by atoms with Gasteiger partial charge in [0.2, 0.25) is 5.91 Å². The van der Waals surface area contributed by atoms with Crippen LogP contribution in [-0.2, 0) is 42.0 Å². The molecule has 5 rings (SSSR count). The molecule has 11 heteroatoms. The Bertz CT molecular complexity index is 1550. The molecule has 2 amide bonds. The van der Waals surface area contributed by atoms with Crippen molar-refractivity contribution in [1.82, 2.24) is 24.6 Å². The minimum absolute atomic E-state index is 0.00980. The molecule has 0 radical (unpaired) electrons. The van der Waals surface area contributed by atoms with E-state index < -0.39 is 6.09 Å². The van der Waals surface area contributed by atoms with Crippen LogP contribution in [0.25, 0.3) is 11.0 Å². The molecule has 1 aliphatic heterocycles. The van der Waals surface area contributed by atoms with Gasteiger partial charge < -0.3 is 23.7 Å². The summed E-state index contributed by atoms with van der Waals surface area (Å²) >= 11 is 0. The summed E-state index contributed by atoms with van der Waals surface area (Å²) in [5.74, 6) is 1.04. The van der Waals surface area contributed by atoms with Gasteiger partial charge in [-0.15, -0.1) is 0 Å². The maximum atomic E-state index is 13.0. The van der Waals surface area contributed by atoms with Crippen molar-refractivity contribution in [3.63, 3.8) is 0 Å². The molecule has 198 valence electrons. The molecule has 11 nitrogen and oxygen atoms in total. The van der Waals surface area contributed by atoms with E-state index in [-0.39, 0.29) is 30.6 Å². The van der Waals surface area contributed by atoms with Crippen LogP contribution in [0.5, 0.6) is 0 Å². The van der Waals surface area contributed by atoms with Crippen LogP contribution in [-0.4, -0.2) is 44.4 Å². The lowest BCUT2D eigenvalue weighted by molar-refractivity contribution is -0.121. The Morgan fingerprint density at radius 1 is 1.24 bits per heavy atom. The van der Waals surface area contributed by atoms with Crippen LogP contribution >= 0.6 is 0 Å². The van der Waals surface area contributed by atoms with E-state index in [4.69, 9.17) is 14.2 Å². The first-order valence-corrected chi connectivity index (χ1v) is 12.6. The van der Waals surface area contributed by atoms with Crippen molar-refractivity contribution in [3.05, 3.63) is 75.8 Å². The van der Waals surface area contributed by atoms with E-state index in [0.717, 1.165) is 40.8 Å². The fourth-order valence-electron chi connectivity index (χ4n) is 4.97. The summed E-state index contributed by atoms with van der Waals surface area (Å²) in [6.45, 7) is 4.49. The van der Waals surface area contributed by atoms with Gasteiger partial charge in [0, 0.05) is 42.9 Å². The number of pyridine rings is 1. The second-order valence-electron chi connectivity index (χ2n) is 9.47. The summed E-state index contributed by atoms with van der Waals surface area (Å²) in [6.07, 6.45) is 3.27. The van der Waals surface area contributed by atoms with Crippen LogP contribution in [0.2, 0.25) is 0 Å². The number of carbonyl (C=O) groups is 2. The van der Waals surface area contributed by atoms with E-state index in [2.05, 4.69) is 10.5 Å². The highest BCUT2D eigenvalue weighted by atomic mass is 16.5.